The van der Waals surface area contributed by atoms with Gasteiger partial charge in [0.2, 0.25) is 0 Å². The summed E-state index contributed by atoms with van der Waals surface area (Å²) in [6.45, 7) is 0. The first-order chi connectivity index (χ1) is 11.3. The molecule has 0 radical (unpaired) electrons. The molecule has 0 saturated carbocycles. The predicted molar refractivity (Wildman–Crippen MR) is 88.0 cm³/mol. The summed E-state index contributed by atoms with van der Waals surface area (Å²) >= 11 is 1.59. The third-order valence-corrected chi connectivity index (χ3v) is 4.79. The van der Waals surface area contributed by atoms with Crippen molar-refractivity contribution in [3.8, 4) is 6.07 Å². The van der Waals surface area contributed by atoms with Gasteiger partial charge in [0, 0.05) is 25.2 Å². The standard InChI is InChI=1S/C16H12N6S/c1-21-15-13(7-20-21)16(19-10-18-15)23-9-11-8-22-5-3-2-4-14(22)12(11)6-17/h2-5,7-8,10H,9H2,1H3. The Balaban J connectivity index is 1.70. The zero-order valence-electron chi connectivity index (χ0n) is 12.3. The van der Waals surface area contributed by atoms with Gasteiger partial charge in [-0.1, -0.05) is 6.07 Å². The maximum atomic E-state index is 9.47. The topological polar surface area (TPSA) is 71.8 Å². The molecular formula is C16H12N6S. The van der Waals surface area contributed by atoms with Crippen molar-refractivity contribution in [2.75, 3.05) is 0 Å². The van der Waals surface area contributed by atoms with Crippen LogP contribution in [-0.4, -0.2) is 24.1 Å². The van der Waals surface area contributed by atoms with Crippen LogP contribution in [0.5, 0.6) is 0 Å². The number of pyridine rings is 1. The summed E-state index contributed by atoms with van der Waals surface area (Å²) < 4.78 is 3.71. The van der Waals surface area contributed by atoms with E-state index in [1.165, 1.54) is 0 Å². The molecule has 0 saturated heterocycles. The molecule has 23 heavy (non-hydrogen) atoms. The smallest absolute Gasteiger partial charge is 0.162 e. The van der Waals surface area contributed by atoms with Gasteiger partial charge in [0.1, 0.15) is 17.4 Å². The summed E-state index contributed by atoms with van der Waals surface area (Å²) in [6, 6.07) is 8.16. The lowest BCUT2D eigenvalue weighted by molar-refractivity contribution is 0.784. The second kappa shape index (κ2) is 5.41. The molecule has 4 aromatic rings. The highest BCUT2D eigenvalue weighted by molar-refractivity contribution is 7.98. The van der Waals surface area contributed by atoms with Crippen LogP contribution in [0.4, 0.5) is 0 Å². The zero-order chi connectivity index (χ0) is 15.8. The van der Waals surface area contributed by atoms with Gasteiger partial charge in [0.25, 0.3) is 0 Å². The molecule has 0 fully saturated rings. The van der Waals surface area contributed by atoms with Crippen molar-refractivity contribution < 1.29 is 0 Å². The number of thioether (sulfide) groups is 1. The molecule has 4 rings (SSSR count). The Morgan fingerprint density at radius 2 is 2.22 bits per heavy atom. The van der Waals surface area contributed by atoms with E-state index < -0.39 is 0 Å². The van der Waals surface area contributed by atoms with Crippen LogP contribution < -0.4 is 0 Å². The molecule has 112 valence electrons. The molecule has 0 aliphatic rings. The first-order valence-corrected chi connectivity index (χ1v) is 8.00. The number of hydrogen-bond donors (Lipinski definition) is 0. The maximum absolute atomic E-state index is 9.47. The number of nitrogens with zero attached hydrogens (tertiary/aromatic N) is 6. The molecule has 0 bridgehead atoms. The highest BCUT2D eigenvalue weighted by Gasteiger charge is 2.13. The van der Waals surface area contributed by atoms with Crippen LogP contribution in [0, 0.1) is 11.3 Å². The number of hydrogen-bond acceptors (Lipinski definition) is 5. The van der Waals surface area contributed by atoms with Crippen LogP contribution in [0.3, 0.4) is 0 Å². The molecule has 0 aliphatic heterocycles. The summed E-state index contributed by atoms with van der Waals surface area (Å²) in [5, 5.41) is 15.5. The SMILES string of the molecule is Cn1ncc2c(SCc3cn4ccccc4c3C#N)ncnc21. The van der Waals surface area contributed by atoms with E-state index in [0.717, 1.165) is 32.7 Å². The average Bonchev–Trinajstić information content (AvgIpc) is 3.13. The van der Waals surface area contributed by atoms with Gasteiger partial charge in [-0.3, -0.25) is 4.68 Å². The Bertz CT molecular complexity index is 1060. The van der Waals surface area contributed by atoms with Crippen LogP contribution in [0.1, 0.15) is 11.1 Å². The van der Waals surface area contributed by atoms with Crippen molar-refractivity contribution in [3.05, 3.63) is 54.2 Å². The molecule has 0 N–H and O–H groups in total. The molecule has 0 unspecified atom stereocenters. The second-order valence-corrected chi connectivity index (χ2v) is 6.07. The predicted octanol–water partition coefficient (Wildman–Crippen LogP) is 2.78. The minimum absolute atomic E-state index is 0.672. The Morgan fingerprint density at radius 3 is 3.09 bits per heavy atom. The van der Waals surface area contributed by atoms with E-state index in [1.54, 1.807) is 29.0 Å². The van der Waals surface area contributed by atoms with E-state index in [0.29, 0.717) is 5.75 Å². The molecule has 6 nitrogen and oxygen atoms in total. The van der Waals surface area contributed by atoms with Gasteiger partial charge < -0.3 is 4.40 Å². The number of aromatic nitrogens is 5. The minimum Gasteiger partial charge on any atom is -0.322 e. The fourth-order valence-electron chi connectivity index (χ4n) is 2.62. The van der Waals surface area contributed by atoms with Crippen LogP contribution in [0.25, 0.3) is 16.6 Å². The van der Waals surface area contributed by atoms with Gasteiger partial charge in [0.15, 0.2) is 5.65 Å². The Kier molecular flexibility index (Phi) is 3.24. The fraction of sp³-hybridized carbons (Fsp3) is 0.125. The highest BCUT2D eigenvalue weighted by Crippen LogP contribution is 2.29. The lowest BCUT2D eigenvalue weighted by atomic mass is 10.2. The fourth-order valence-corrected chi connectivity index (χ4v) is 3.55. The molecule has 4 heterocycles. The van der Waals surface area contributed by atoms with E-state index in [-0.39, 0.29) is 0 Å². The van der Waals surface area contributed by atoms with Crippen LogP contribution in [-0.2, 0) is 12.8 Å². The van der Waals surface area contributed by atoms with Gasteiger partial charge >= 0.3 is 0 Å². The second-order valence-electron chi connectivity index (χ2n) is 5.11. The van der Waals surface area contributed by atoms with E-state index in [9.17, 15) is 5.26 Å². The van der Waals surface area contributed by atoms with Crippen molar-refractivity contribution in [1.29, 1.82) is 5.26 Å². The molecule has 4 aromatic heterocycles. The lowest BCUT2D eigenvalue weighted by Crippen LogP contribution is -1.93. The normalized spacial score (nSPS) is 11.1. The summed E-state index contributed by atoms with van der Waals surface area (Å²) in [5.74, 6) is 0.672. The summed E-state index contributed by atoms with van der Waals surface area (Å²) in [7, 11) is 1.86. The van der Waals surface area contributed by atoms with E-state index in [1.807, 2.05) is 42.0 Å². The number of fused-ring (bicyclic) bond motifs is 2. The quantitative estimate of drug-likeness (QED) is 0.429. The van der Waals surface area contributed by atoms with Crippen LogP contribution in [0.15, 0.2) is 48.1 Å². The van der Waals surface area contributed by atoms with Gasteiger partial charge in [-0.2, -0.15) is 10.4 Å². The Labute approximate surface area is 136 Å². The summed E-state index contributed by atoms with van der Waals surface area (Å²) in [4.78, 5) is 8.60. The highest BCUT2D eigenvalue weighted by atomic mass is 32.2. The third kappa shape index (κ3) is 2.24. The molecule has 0 atom stereocenters. The van der Waals surface area contributed by atoms with E-state index in [2.05, 4.69) is 21.1 Å². The lowest BCUT2D eigenvalue weighted by Gasteiger charge is -2.01. The van der Waals surface area contributed by atoms with Crippen LogP contribution in [0.2, 0.25) is 0 Å². The molecule has 0 spiro atoms. The molecule has 0 amide bonds. The first-order valence-electron chi connectivity index (χ1n) is 7.02. The third-order valence-electron chi connectivity index (χ3n) is 3.73. The zero-order valence-corrected chi connectivity index (χ0v) is 13.2. The van der Waals surface area contributed by atoms with E-state index >= 15 is 0 Å². The number of aryl methyl sites for hydroxylation is 1. The van der Waals surface area contributed by atoms with Crippen molar-refractivity contribution in [3.63, 3.8) is 0 Å². The Morgan fingerprint density at radius 1 is 1.30 bits per heavy atom. The van der Waals surface area contributed by atoms with Crippen molar-refractivity contribution in [1.82, 2.24) is 24.1 Å². The minimum atomic E-state index is 0.672. The van der Waals surface area contributed by atoms with Crippen molar-refractivity contribution in [2.45, 2.75) is 10.8 Å². The molecule has 0 aliphatic carbocycles. The molecule has 0 aromatic carbocycles. The Hall–Kier alpha value is -2.85. The van der Waals surface area contributed by atoms with Crippen molar-refractivity contribution in [2.24, 2.45) is 7.05 Å². The first kappa shape index (κ1) is 13.8. The van der Waals surface area contributed by atoms with Crippen molar-refractivity contribution >= 4 is 28.3 Å². The monoisotopic (exact) mass is 320 g/mol. The molecule has 7 heteroatoms. The molecular weight excluding hydrogens is 308 g/mol. The average molecular weight is 320 g/mol. The number of nitriles is 1. The number of rotatable bonds is 3. The van der Waals surface area contributed by atoms with Crippen LogP contribution >= 0.6 is 11.8 Å². The summed E-state index contributed by atoms with van der Waals surface area (Å²) in [5.41, 5.74) is 3.46. The van der Waals surface area contributed by atoms with Gasteiger partial charge in [0.05, 0.1) is 22.7 Å². The van der Waals surface area contributed by atoms with Gasteiger partial charge in [-0.05, 0) is 17.7 Å². The largest absolute Gasteiger partial charge is 0.322 e. The van der Waals surface area contributed by atoms with Gasteiger partial charge in [-0.15, -0.1) is 11.8 Å². The maximum Gasteiger partial charge on any atom is 0.162 e. The van der Waals surface area contributed by atoms with E-state index in [4.69, 9.17) is 0 Å². The van der Waals surface area contributed by atoms with Gasteiger partial charge in [-0.25, -0.2) is 9.97 Å². The summed E-state index contributed by atoms with van der Waals surface area (Å²) in [6.07, 6.45) is 7.28.